The lowest BCUT2D eigenvalue weighted by molar-refractivity contribution is -0.115. The number of benzene rings is 2. The second-order valence-electron chi connectivity index (χ2n) is 5.90. The molecule has 4 aromatic rings. The summed E-state index contributed by atoms with van der Waals surface area (Å²) in [4.78, 5) is 20.7. The van der Waals surface area contributed by atoms with Crippen LogP contribution in [0.2, 0.25) is 0 Å². The van der Waals surface area contributed by atoms with E-state index in [1.54, 1.807) is 5.38 Å². The van der Waals surface area contributed by atoms with E-state index in [9.17, 15) is 13.6 Å². The number of oxazole rings is 1. The Kier molecular flexibility index (Phi) is 4.94. The van der Waals surface area contributed by atoms with Gasteiger partial charge in [0.05, 0.1) is 17.8 Å². The largest absolute Gasteiger partial charge is 0.444 e. The average molecular weight is 397 g/mol. The SMILES string of the molecule is O=C(Cc1coc(-c2ccccc2)n1)Nc1nc(-c2cc(F)ccc2F)cs1. The standard InChI is InChI=1S/C20H13F2N3O2S/c21-13-6-7-16(22)15(8-13)17-11-28-20(24-17)25-18(26)9-14-10-27-19(23-14)12-4-2-1-3-5-12/h1-8,10-11H,9H2,(H,24,25,26). The van der Waals surface area contributed by atoms with Crippen molar-refractivity contribution in [2.24, 2.45) is 0 Å². The highest BCUT2D eigenvalue weighted by Gasteiger charge is 2.14. The lowest BCUT2D eigenvalue weighted by Gasteiger charge is -2.00. The molecule has 2 aromatic heterocycles. The number of nitrogens with one attached hydrogen (secondary N) is 1. The van der Waals surface area contributed by atoms with E-state index < -0.39 is 11.6 Å². The Morgan fingerprint density at radius 2 is 1.93 bits per heavy atom. The lowest BCUT2D eigenvalue weighted by atomic mass is 10.1. The number of thiazole rings is 1. The van der Waals surface area contributed by atoms with Crippen LogP contribution in [0.3, 0.4) is 0 Å². The quantitative estimate of drug-likeness (QED) is 0.519. The van der Waals surface area contributed by atoms with Crippen molar-refractivity contribution in [2.75, 3.05) is 5.32 Å². The van der Waals surface area contributed by atoms with E-state index in [1.165, 1.54) is 6.26 Å². The molecule has 4 rings (SSSR count). The predicted molar refractivity (Wildman–Crippen MR) is 102 cm³/mol. The average Bonchev–Trinajstić information content (AvgIpc) is 3.34. The first kappa shape index (κ1) is 18.0. The summed E-state index contributed by atoms with van der Waals surface area (Å²) in [6, 6.07) is 12.5. The first-order chi connectivity index (χ1) is 13.6. The zero-order chi connectivity index (χ0) is 19.5. The highest BCUT2D eigenvalue weighted by atomic mass is 32.1. The van der Waals surface area contributed by atoms with Crippen molar-refractivity contribution < 1.29 is 18.0 Å². The van der Waals surface area contributed by atoms with E-state index in [-0.39, 0.29) is 28.7 Å². The topological polar surface area (TPSA) is 68.0 Å². The second-order valence-corrected chi connectivity index (χ2v) is 6.76. The fourth-order valence-electron chi connectivity index (χ4n) is 2.58. The molecule has 0 spiro atoms. The third-order valence-electron chi connectivity index (χ3n) is 3.87. The summed E-state index contributed by atoms with van der Waals surface area (Å²) < 4.78 is 32.6. The third kappa shape index (κ3) is 3.96. The van der Waals surface area contributed by atoms with Gasteiger partial charge in [-0.1, -0.05) is 18.2 Å². The van der Waals surface area contributed by atoms with Gasteiger partial charge in [-0.3, -0.25) is 4.79 Å². The molecule has 0 saturated heterocycles. The molecule has 0 atom stereocenters. The zero-order valence-corrected chi connectivity index (χ0v) is 15.2. The van der Waals surface area contributed by atoms with Crippen LogP contribution in [0.4, 0.5) is 13.9 Å². The molecule has 0 saturated carbocycles. The number of anilines is 1. The van der Waals surface area contributed by atoms with Gasteiger partial charge in [-0.05, 0) is 30.3 Å². The Hall–Kier alpha value is -3.39. The smallest absolute Gasteiger partial charge is 0.232 e. The summed E-state index contributed by atoms with van der Waals surface area (Å²) in [5.41, 5.74) is 1.59. The minimum atomic E-state index is -0.583. The fraction of sp³-hybridized carbons (Fsp3) is 0.0500. The second kappa shape index (κ2) is 7.69. The van der Waals surface area contributed by atoms with E-state index in [2.05, 4.69) is 15.3 Å². The maximum Gasteiger partial charge on any atom is 0.232 e. The molecule has 0 aliphatic carbocycles. The Bertz CT molecular complexity index is 1130. The van der Waals surface area contributed by atoms with Gasteiger partial charge in [0.1, 0.15) is 17.9 Å². The van der Waals surface area contributed by atoms with Gasteiger partial charge in [-0.15, -0.1) is 11.3 Å². The first-order valence-corrected chi connectivity index (χ1v) is 9.17. The number of hydrogen-bond acceptors (Lipinski definition) is 5. The molecule has 2 heterocycles. The lowest BCUT2D eigenvalue weighted by Crippen LogP contribution is -2.14. The molecule has 0 aliphatic heterocycles. The van der Waals surface area contributed by atoms with Gasteiger partial charge in [0, 0.05) is 16.5 Å². The Labute approximate surface area is 162 Å². The fourth-order valence-corrected chi connectivity index (χ4v) is 3.30. The summed E-state index contributed by atoms with van der Waals surface area (Å²) >= 11 is 1.12. The van der Waals surface area contributed by atoms with Crippen LogP contribution in [0.25, 0.3) is 22.7 Å². The van der Waals surface area contributed by atoms with Crippen molar-refractivity contribution in [3.05, 3.63) is 77.5 Å². The molecule has 0 unspecified atom stereocenters. The van der Waals surface area contributed by atoms with Gasteiger partial charge in [-0.25, -0.2) is 18.7 Å². The molecule has 1 N–H and O–H groups in total. The number of hydrogen-bond donors (Lipinski definition) is 1. The van der Waals surface area contributed by atoms with Crippen LogP contribution in [-0.4, -0.2) is 15.9 Å². The van der Waals surface area contributed by atoms with Gasteiger partial charge >= 0.3 is 0 Å². The van der Waals surface area contributed by atoms with Crippen LogP contribution < -0.4 is 5.32 Å². The molecule has 8 heteroatoms. The van der Waals surface area contributed by atoms with Gasteiger partial charge in [-0.2, -0.15) is 0 Å². The molecular weight excluding hydrogens is 384 g/mol. The molecule has 0 bridgehead atoms. The molecule has 28 heavy (non-hydrogen) atoms. The monoisotopic (exact) mass is 397 g/mol. The number of carbonyl (C=O) groups is 1. The molecule has 0 aliphatic rings. The van der Waals surface area contributed by atoms with Gasteiger partial charge in [0.15, 0.2) is 5.13 Å². The molecule has 1 amide bonds. The van der Waals surface area contributed by atoms with E-state index in [4.69, 9.17) is 4.42 Å². The molecule has 0 fully saturated rings. The van der Waals surface area contributed by atoms with Crippen molar-refractivity contribution in [3.8, 4) is 22.7 Å². The first-order valence-electron chi connectivity index (χ1n) is 8.29. The third-order valence-corrected chi connectivity index (χ3v) is 4.63. The highest BCUT2D eigenvalue weighted by Crippen LogP contribution is 2.27. The summed E-state index contributed by atoms with van der Waals surface area (Å²) in [6.07, 6.45) is 1.43. The van der Waals surface area contributed by atoms with Gasteiger partial charge in [0.25, 0.3) is 0 Å². The summed E-state index contributed by atoms with van der Waals surface area (Å²) in [6.45, 7) is 0. The number of halogens is 2. The van der Waals surface area contributed by atoms with Crippen LogP contribution in [-0.2, 0) is 11.2 Å². The number of carbonyl (C=O) groups excluding carboxylic acids is 1. The molecule has 0 radical (unpaired) electrons. The summed E-state index contributed by atoms with van der Waals surface area (Å²) in [5.74, 6) is -1.05. The number of amides is 1. The van der Waals surface area contributed by atoms with Crippen LogP contribution in [0, 0.1) is 11.6 Å². The number of rotatable bonds is 5. The molecule has 5 nitrogen and oxygen atoms in total. The predicted octanol–water partition coefficient (Wildman–Crippen LogP) is 4.92. The number of nitrogens with zero attached hydrogens (tertiary/aromatic N) is 2. The van der Waals surface area contributed by atoms with Crippen molar-refractivity contribution in [1.29, 1.82) is 0 Å². The Morgan fingerprint density at radius 1 is 1.11 bits per heavy atom. The summed E-state index contributed by atoms with van der Waals surface area (Å²) in [7, 11) is 0. The molecular formula is C20H13F2N3O2S. The minimum Gasteiger partial charge on any atom is -0.444 e. The van der Waals surface area contributed by atoms with Crippen LogP contribution in [0.5, 0.6) is 0 Å². The molecule has 2 aromatic carbocycles. The van der Waals surface area contributed by atoms with Crippen molar-refractivity contribution in [1.82, 2.24) is 9.97 Å². The number of aromatic nitrogens is 2. The van der Waals surface area contributed by atoms with Gasteiger partial charge in [0.2, 0.25) is 11.8 Å². The van der Waals surface area contributed by atoms with E-state index in [0.29, 0.717) is 11.6 Å². The minimum absolute atomic E-state index is 0.000423. The normalized spacial score (nSPS) is 10.8. The maximum atomic E-state index is 13.8. The molecule has 140 valence electrons. The van der Waals surface area contributed by atoms with Crippen molar-refractivity contribution >= 4 is 22.4 Å². The Balaban J connectivity index is 1.43. The van der Waals surface area contributed by atoms with Crippen molar-refractivity contribution in [3.63, 3.8) is 0 Å². The zero-order valence-electron chi connectivity index (χ0n) is 14.4. The highest BCUT2D eigenvalue weighted by molar-refractivity contribution is 7.14. The maximum absolute atomic E-state index is 13.8. The summed E-state index contributed by atoms with van der Waals surface area (Å²) in [5, 5.41) is 4.47. The van der Waals surface area contributed by atoms with Crippen LogP contribution >= 0.6 is 11.3 Å². The van der Waals surface area contributed by atoms with Crippen LogP contribution in [0.15, 0.2) is 64.6 Å². The van der Waals surface area contributed by atoms with E-state index >= 15 is 0 Å². The van der Waals surface area contributed by atoms with E-state index in [0.717, 1.165) is 35.1 Å². The van der Waals surface area contributed by atoms with Crippen molar-refractivity contribution in [2.45, 2.75) is 6.42 Å². The van der Waals surface area contributed by atoms with E-state index in [1.807, 2.05) is 30.3 Å². The van der Waals surface area contributed by atoms with Gasteiger partial charge < -0.3 is 9.73 Å². The Morgan fingerprint density at radius 3 is 2.75 bits per heavy atom. The van der Waals surface area contributed by atoms with Crippen LogP contribution in [0.1, 0.15) is 5.69 Å².